The van der Waals surface area contributed by atoms with Crippen molar-refractivity contribution in [3.63, 3.8) is 0 Å². The second kappa shape index (κ2) is 4.99. The van der Waals surface area contributed by atoms with Crippen LogP contribution in [-0.2, 0) is 11.0 Å². The van der Waals surface area contributed by atoms with Crippen LogP contribution in [0.15, 0.2) is 12.3 Å². The van der Waals surface area contributed by atoms with Crippen molar-refractivity contribution in [2.75, 3.05) is 14.1 Å². The van der Waals surface area contributed by atoms with E-state index in [0.29, 0.717) is 0 Å². The van der Waals surface area contributed by atoms with E-state index in [0.717, 1.165) is 10.7 Å². The predicted molar refractivity (Wildman–Crippen MR) is 59.8 cm³/mol. The highest BCUT2D eigenvalue weighted by atomic mass is 19.4. The number of hydrogen-bond donors (Lipinski definition) is 0. The number of hydrogen-bond acceptors (Lipinski definition) is 2. The lowest BCUT2D eigenvalue weighted by Crippen LogP contribution is -2.35. The number of likely N-dealkylation sites (N-methyl/N-ethyl adjacent to an activating group) is 1. The second-order valence-corrected chi connectivity index (χ2v) is 4.60. The zero-order valence-electron chi connectivity index (χ0n) is 10.7. The summed E-state index contributed by atoms with van der Waals surface area (Å²) >= 11 is 0. The third kappa shape index (κ3) is 3.02. The average molecular weight is 263 g/mol. The molecular formula is C11H16F3N3O. The fourth-order valence-corrected chi connectivity index (χ4v) is 1.61. The van der Waals surface area contributed by atoms with Gasteiger partial charge in [0.25, 0.3) is 0 Å². The SMILES string of the molecule is CC(C)C(C(=O)N(C)C)n1ccc(C(F)(F)F)n1. The van der Waals surface area contributed by atoms with Gasteiger partial charge in [-0.25, -0.2) is 0 Å². The van der Waals surface area contributed by atoms with Crippen molar-refractivity contribution in [2.45, 2.75) is 26.1 Å². The van der Waals surface area contributed by atoms with Crippen molar-refractivity contribution in [3.05, 3.63) is 18.0 Å². The third-order valence-corrected chi connectivity index (χ3v) is 2.51. The zero-order valence-corrected chi connectivity index (χ0v) is 10.7. The molecule has 1 amide bonds. The van der Waals surface area contributed by atoms with Gasteiger partial charge in [-0.2, -0.15) is 18.3 Å². The van der Waals surface area contributed by atoms with Gasteiger partial charge >= 0.3 is 6.18 Å². The topological polar surface area (TPSA) is 38.1 Å². The number of rotatable bonds is 3. The van der Waals surface area contributed by atoms with Crippen LogP contribution in [0.2, 0.25) is 0 Å². The summed E-state index contributed by atoms with van der Waals surface area (Å²) in [6.45, 7) is 3.53. The number of amides is 1. The maximum absolute atomic E-state index is 12.5. The molecule has 0 saturated carbocycles. The van der Waals surface area contributed by atoms with Crippen molar-refractivity contribution in [1.29, 1.82) is 0 Å². The largest absolute Gasteiger partial charge is 0.435 e. The molecule has 0 bridgehead atoms. The van der Waals surface area contributed by atoms with Gasteiger partial charge in [0, 0.05) is 20.3 Å². The number of carbonyl (C=O) groups is 1. The first kappa shape index (κ1) is 14.5. The normalized spacial score (nSPS) is 13.8. The quantitative estimate of drug-likeness (QED) is 0.838. The Balaban J connectivity index is 3.09. The highest BCUT2D eigenvalue weighted by Gasteiger charge is 2.35. The summed E-state index contributed by atoms with van der Waals surface area (Å²) in [7, 11) is 3.12. The van der Waals surface area contributed by atoms with Gasteiger partial charge in [0.2, 0.25) is 5.91 Å². The molecule has 102 valence electrons. The monoisotopic (exact) mass is 263 g/mol. The van der Waals surface area contributed by atoms with Gasteiger partial charge in [0.1, 0.15) is 6.04 Å². The van der Waals surface area contributed by atoms with E-state index in [1.165, 1.54) is 11.1 Å². The molecule has 0 aliphatic carbocycles. The van der Waals surface area contributed by atoms with Crippen LogP contribution in [0.5, 0.6) is 0 Å². The van der Waals surface area contributed by atoms with Gasteiger partial charge in [0.15, 0.2) is 5.69 Å². The number of alkyl halides is 3. The van der Waals surface area contributed by atoms with Crippen molar-refractivity contribution in [3.8, 4) is 0 Å². The Bertz CT molecular complexity index is 423. The molecule has 0 fully saturated rings. The second-order valence-electron chi connectivity index (χ2n) is 4.60. The molecule has 18 heavy (non-hydrogen) atoms. The van der Waals surface area contributed by atoms with E-state index in [9.17, 15) is 18.0 Å². The molecule has 0 radical (unpaired) electrons. The van der Waals surface area contributed by atoms with E-state index < -0.39 is 17.9 Å². The Kier molecular flexibility index (Phi) is 4.03. The molecule has 1 rings (SSSR count). The van der Waals surface area contributed by atoms with Gasteiger partial charge in [-0.05, 0) is 12.0 Å². The van der Waals surface area contributed by atoms with Crippen LogP contribution in [0, 0.1) is 5.92 Å². The lowest BCUT2D eigenvalue weighted by molar-refractivity contribution is -0.142. The van der Waals surface area contributed by atoms with E-state index in [2.05, 4.69) is 5.10 Å². The van der Waals surface area contributed by atoms with Crippen LogP contribution in [0.3, 0.4) is 0 Å². The van der Waals surface area contributed by atoms with Gasteiger partial charge < -0.3 is 4.90 Å². The summed E-state index contributed by atoms with van der Waals surface area (Å²) in [6.07, 6.45) is -3.30. The summed E-state index contributed by atoms with van der Waals surface area (Å²) in [5.74, 6) is -0.428. The van der Waals surface area contributed by atoms with E-state index >= 15 is 0 Å². The molecule has 1 heterocycles. The van der Waals surface area contributed by atoms with E-state index in [1.54, 1.807) is 27.9 Å². The van der Waals surface area contributed by atoms with Gasteiger partial charge in [-0.15, -0.1) is 0 Å². The Hall–Kier alpha value is -1.53. The lowest BCUT2D eigenvalue weighted by atomic mass is 10.0. The smallest absolute Gasteiger partial charge is 0.347 e. The van der Waals surface area contributed by atoms with Gasteiger partial charge in [-0.3, -0.25) is 9.48 Å². The van der Waals surface area contributed by atoms with Gasteiger partial charge in [0.05, 0.1) is 0 Å². The molecule has 0 aliphatic rings. The summed E-state index contributed by atoms with van der Waals surface area (Å²) in [6, 6.07) is 0.147. The zero-order chi connectivity index (χ0) is 14.1. The molecule has 1 atom stereocenters. The Morgan fingerprint density at radius 3 is 2.28 bits per heavy atom. The lowest BCUT2D eigenvalue weighted by Gasteiger charge is -2.24. The van der Waals surface area contributed by atoms with Crippen LogP contribution in [-0.4, -0.2) is 34.7 Å². The Morgan fingerprint density at radius 1 is 1.39 bits per heavy atom. The average Bonchev–Trinajstić information content (AvgIpc) is 2.65. The highest BCUT2D eigenvalue weighted by Crippen LogP contribution is 2.29. The van der Waals surface area contributed by atoms with Crippen molar-refractivity contribution in [1.82, 2.24) is 14.7 Å². The fourth-order valence-electron chi connectivity index (χ4n) is 1.61. The summed E-state index contributed by atoms with van der Waals surface area (Å²) in [4.78, 5) is 13.3. The Labute approximate surface area is 103 Å². The summed E-state index contributed by atoms with van der Waals surface area (Å²) < 4.78 is 38.4. The van der Waals surface area contributed by atoms with Crippen LogP contribution in [0.25, 0.3) is 0 Å². The molecule has 0 spiro atoms. The van der Waals surface area contributed by atoms with E-state index in [4.69, 9.17) is 0 Å². The number of carbonyl (C=O) groups excluding carboxylic acids is 1. The minimum atomic E-state index is -4.49. The molecule has 0 aliphatic heterocycles. The maximum Gasteiger partial charge on any atom is 0.435 e. The van der Waals surface area contributed by atoms with Crippen molar-refractivity contribution in [2.24, 2.45) is 5.92 Å². The van der Waals surface area contributed by atoms with Crippen LogP contribution < -0.4 is 0 Å². The predicted octanol–water partition coefficient (Wildman–Crippen LogP) is 2.19. The summed E-state index contributed by atoms with van der Waals surface area (Å²) in [5.41, 5.74) is -0.986. The van der Waals surface area contributed by atoms with Gasteiger partial charge in [-0.1, -0.05) is 13.8 Å². The Morgan fingerprint density at radius 2 is 1.94 bits per heavy atom. The molecular weight excluding hydrogens is 247 g/mol. The molecule has 1 aromatic rings. The molecule has 1 aromatic heterocycles. The first-order chi connectivity index (χ1) is 8.14. The van der Waals surface area contributed by atoms with Crippen LogP contribution in [0.4, 0.5) is 13.2 Å². The minimum Gasteiger partial charge on any atom is -0.347 e. The van der Waals surface area contributed by atoms with Crippen LogP contribution in [0.1, 0.15) is 25.6 Å². The molecule has 7 heteroatoms. The number of halogens is 3. The molecule has 0 aromatic carbocycles. The minimum absolute atomic E-state index is 0.152. The molecule has 0 N–H and O–H groups in total. The third-order valence-electron chi connectivity index (χ3n) is 2.51. The molecule has 4 nitrogen and oxygen atoms in total. The number of nitrogens with zero attached hydrogens (tertiary/aromatic N) is 3. The first-order valence-corrected chi connectivity index (χ1v) is 5.48. The van der Waals surface area contributed by atoms with E-state index in [-0.39, 0.29) is 11.8 Å². The molecule has 0 saturated heterocycles. The fraction of sp³-hybridized carbons (Fsp3) is 0.636. The maximum atomic E-state index is 12.5. The molecule has 1 unspecified atom stereocenters. The van der Waals surface area contributed by atoms with Crippen molar-refractivity contribution < 1.29 is 18.0 Å². The summed E-state index contributed by atoms with van der Waals surface area (Å²) in [5, 5.41) is 3.45. The van der Waals surface area contributed by atoms with Crippen molar-refractivity contribution >= 4 is 5.91 Å². The van der Waals surface area contributed by atoms with Crippen LogP contribution >= 0.6 is 0 Å². The number of aromatic nitrogens is 2. The first-order valence-electron chi connectivity index (χ1n) is 5.48. The standard InChI is InChI=1S/C11H16F3N3O/c1-7(2)9(10(18)16(3)4)17-6-5-8(15-17)11(12,13)14/h5-7,9H,1-4H3. The van der Waals surface area contributed by atoms with E-state index in [1.807, 2.05) is 0 Å². The highest BCUT2D eigenvalue weighted by molar-refractivity contribution is 5.80.